The maximum absolute atomic E-state index is 12.9. The zero-order valence-electron chi connectivity index (χ0n) is 14.8. The average molecular weight is 397 g/mol. The Morgan fingerprint density at radius 3 is 2.56 bits per heavy atom. The van der Waals surface area contributed by atoms with Gasteiger partial charge in [-0.2, -0.15) is 18.2 Å². The highest BCUT2D eigenvalue weighted by Gasteiger charge is 2.31. The van der Waals surface area contributed by atoms with Crippen molar-refractivity contribution in [3.63, 3.8) is 0 Å². The van der Waals surface area contributed by atoms with Crippen LogP contribution in [0.5, 0.6) is 0 Å². The van der Waals surface area contributed by atoms with Gasteiger partial charge >= 0.3 is 6.18 Å². The molecule has 144 valence electrons. The van der Waals surface area contributed by atoms with Crippen molar-refractivity contribution < 1.29 is 17.7 Å². The molecule has 10 heteroatoms. The van der Waals surface area contributed by atoms with E-state index in [1.165, 1.54) is 17.4 Å². The molecule has 0 amide bonds. The number of anilines is 2. The number of benzene rings is 1. The third-order valence-electron chi connectivity index (χ3n) is 4.65. The first-order valence-electron chi connectivity index (χ1n) is 8.55. The molecule has 0 N–H and O–H groups in total. The molecule has 3 aromatic rings. The first-order valence-corrected chi connectivity index (χ1v) is 9.36. The number of thiazole rings is 1. The van der Waals surface area contributed by atoms with Gasteiger partial charge in [0.15, 0.2) is 5.13 Å². The summed E-state index contributed by atoms with van der Waals surface area (Å²) in [7, 11) is 3.71. The predicted octanol–water partition coefficient (Wildman–Crippen LogP) is 4.15. The van der Waals surface area contributed by atoms with E-state index in [1.54, 1.807) is 4.90 Å². The Balaban J connectivity index is 1.47. The van der Waals surface area contributed by atoms with Gasteiger partial charge in [0.1, 0.15) is 0 Å². The van der Waals surface area contributed by atoms with Crippen LogP contribution < -0.4 is 9.80 Å². The van der Waals surface area contributed by atoms with Gasteiger partial charge in [0.25, 0.3) is 5.95 Å². The lowest BCUT2D eigenvalue weighted by Gasteiger charge is -2.29. The maximum atomic E-state index is 12.9. The van der Waals surface area contributed by atoms with Gasteiger partial charge in [-0.05, 0) is 36.2 Å². The first kappa shape index (κ1) is 18.0. The molecule has 1 aromatic carbocycles. The second-order valence-corrected chi connectivity index (χ2v) is 7.77. The van der Waals surface area contributed by atoms with E-state index >= 15 is 0 Å². The molecule has 27 heavy (non-hydrogen) atoms. The van der Waals surface area contributed by atoms with Crippen LogP contribution in [-0.4, -0.2) is 42.3 Å². The van der Waals surface area contributed by atoms with Gasteiger partial charge in [-0.1, -0.05) is 11.3 Å². The van der Waals surface area contributed by atoms with Crippen LogP contribution in [0.15, 0.2) is 22.7 Å². The SMILES string of the molecule is CN(C)c1noc(C2CCN(c3nc4cc(C(F)(F)F)ccc4s3)CC2)n1. The number of piperidine rings is 1. The first-order chi connectivity index (χ1) is 12.8. The topological polar surface area (TPSA) is 58.3 Å². The summed E-state index contributed by atoms with van der Waals surface area (Å²) in [6, 6.07) is 3.71. The molecule has 1 aliphatic heterocycles. The van der Waals surface area contributed by atoms with Crippen molar-refractivity contribution in [2.75, 3.05) is 37.0 Å². The Labute approximate surface area is 157 Å². The third kappa shape index (κ3) is 3.58. The minimum atomic E-state index is -4.36. The van der Waals surface area contributed by atoms with E-state index in [0.29, 0.717) is 17.4 Å². The van der Waals surface area contributed by atoms with Crippen molar-refractivity contribution in [2.24, 2.45) is 0 Å². The van der Waals surface area contributed by atoms with E-state index in [1.807, 2.05) is 14.1 Å². The van der Waals surface area contributed by atoms with Crippen LogP contribution in [-0.2, 0) is 6.18 Å². The van der Waals surface area contributed by atoms with Crippen LogP contribution >= 0.6 is 11.3 Å². The van der Waals surface area contributed by atoms with Crippen LogP contribution in [0.2, 0.25) is 0 Å². The molecule has 6 nitrogen and oxygen atoms in total. The molecular weight excluding hydrogens is 379 g/mol. The summed E-state index contributed by atoms with van der Waals surface area (Å²) >= 11 is 1.42. The second-order valence-electron chi connectivity index (χ2n) is 6.77. The quantitative estimate of drug-likeness (QED) is 0.662. The molecule has 0 atom stereocenters. The van der Waals surface area contributed by atoms with Crippen molar-refractivity contribution in [3.8, 4) is 0 Å². The second kappa shape index (κ2) is 6.66. The highest BCUT2D eigenvalue weighted by molar-refractivity contribution is 7.22. The fourth-order valence-electron chi connectivity index (χ4n) is 3.12. The molecule has 0 aliphatic carbocycles. The number of rotatable bonds is 3. The van der Waals surface area contributed by atoms with Crippen molar-refractivity contribution in [3.05, 3.63) is 29.7 Å². The molecule has 1 aliphatic rings. The number of aromatic nitrogens is 3. The molecule has 1 saturated heterocycles. The highest BCUT2D eigenvalue weighted by Crippen LogP contribution is 2.37. The van der Waals surface area contributed by atoms with E-state index in [2.05, 4.69) is 20.0 Å². The predicted molar refractivity (Wildman–Crippen MR) is 97.4 cm³/mol. The minimum absolute atomic E-state index is 0.189. The summed E-state index contributed by atoms with van der Waals surface area (Å²) in [6.45, 7) is 1.49. The van der Waals surface area contributed by atoms with Gasteiger partial charge in [0.2, 0.25) is 5.89 Å². The van der Waals surface area contributed by atoms with Crippen molar-refractivity contribution >= 4 is 32.6 Å². The fourth-order valence-corrected chi connectivity index (χ4v) is 4.12. The third-order valence-corrected chi connectivity index (χ3v) is 5.75. The molecule has 0 radical (unpaired) electrons. The Morgan fingerprint density at radius 1 is 1.19 bits per heavy atom. The van der Waals surface area contributed by atoms with Crippen LogP contribution in [0.3, 0.4) is 0 Å². The molecule has 1 fully saturated rings. The van der Waals surface area contributed by atoms with Crippen molar-refractivity contribution in [1.82, 2.24) is 15.1 Å². The Bertz CT molecular complexity index is 944. The Kier molecular flexibility index (Phi) is 4.45. The number of fused-ring (bicyclic) bond motifs is 1. The van der Waals surface area contributed by atoms with Gasteiger partial charge in [-0.25, -0.2) is 4.98 Å². The molecule has 2 aromatic heterocycles. The van der Waals surface area contributed by atoms with E-state index in [-0.39, 0.29) is 5.92 Å². The maximum Gasteiger partial charge on any atom is 0.416 e. The summed E-state index contributed by atoms with van der Waals surface area (Å²) < 4.78 is 44.7. The van der Waals surface area contributed by atoms with Gasteiger partial charge in [0, 0.05) is 33.1 Å². The summed E-state index contributed by atoms with van der Waals surface area (Å²) in [5, 5.41) is 4.70. The van der Waals surface area contributed by atoms with E-state index in [4.69, 9.17) is 4.52 Å². The standard InChI is InChI=1S/C17H18F3N5OS/c1-24(2)15-22-14(26-23-15)10-5-7-25(8-6-10)16-21-12-9-11(17(18,19)20)3-4-13(12)27-16/h3-4,9-10H,5-8H2,1-2H3. The van der Waals surface area contributed by atoms with E-state index in [9.17, 15) is 13.2 Å². The molecule has 3 heterocycles. The lowest BCUT2D eigenvalue weighted by atomic mass is 9.97. The molecule has 4 rings (SSSR count). The number of hydrogen-bond donors (Lipinski definition) is 0. The minimum Gasteiger partial charge on any atom is -0.348 e. The zero-order chi connectivity index (χ0) is 19.2. The zero-order valence-corrected chi connectivity index (χ0v) is 15.6. The van der Waals surface area contributed by atoms with Crippen LogP contribution in [0.1, 0.15) is 30.2 Å². The smallest absolute Gasteiger partial charge is 0.348 e. The number of nitrogens with zero attached hydrogens (tertiary/aromatic N) is 5. The van der Waals surface area contributed by atoms with Gasteiger partial charge in [-0.15, -0.1) is 0 Å². The largest absolute Gasteiger partial charge is 0.416 e. The lowest BCUT2D eigenvalue weighted by Crippen LogP contribution is -2.32. The number of alkyl halides is 3. The Hall–Kier alpha value is -2.36. The van der Waals surface area contributed by atoms with Crippen molar-refractivity contribution in [2.45, 2.75) is 24.9 Å². The Morgan fingerprint density at radius 2 is 1.93 bits per heavy atom. The van der Waals surface area contributed by atoms with E-state index < -0.39 is 11.7 Å². The number of hydrogen-bond acceptors (Lipinski definition) is 7. The van der Waals surface area contributed by atoms with Gasteiger partial charge in [0.05, 0.1) is 15.8 Å². The molecule has 0 spiro atoms. The van der Waals surface area contributed by atoms with Crippen LogP contribution in [0.4, 0.5) is 24.3 Å². The fraction of sp³-hybridized carbons (Fsp3) is 0.471. The summed E-state index contributed by atoms with van der Waals surface area (Å²) in [5.74, 6) is 1.38. The van der Waals surface area contributed by atoms with Crippen LogP contribution in [0.25, 0.3) is 10.2 Å². The van der Waals surface area contributed by atoms with E-state index in [0.717, 1.165) is 47.9 Å². The number of halogens is 3. The van der Waals surface area contributed by atoms with Gasteiger partial charge < -0.3 is 14.3 Å². The lowest BCUT2D eigenvalue weighted by molar-refractivity contribution is -0.137. The van der Waals surface area contributed by atoms with Crippen molar-refractivity contribution in [1.29, 1.82) is 0 Å². The summed E-state index contributed by atoms with van der Waals surface area (Å²) in [4.78, 5) is 12.7. The molecule has 0 unspecified atom stereocenters. The molecule has 0 bridgehead atoms. The van der Waals surface area contributed by atoms with Crippen LogP contribution in [0, 0.1) is 0 Å². The monoisotopic (exact) mass is 397 g/mol. The molecular formula is C17H18F3N5OS. The summed E-state index contributed by atoms with van der Waals surface area (Å²) in [5.41, 5.74) is -0.280. The molecule has 0 saturated carbocycles. The summed E-state index contributed by atoms with van der Waals surface area (Å²) in [6.07, 6.45) is -2.69. The normalized spacial score (nSPS) is 16.3. The average Bonchev–Trinajstić information content (AvgIpc) is 3.27. The van der Waals surface area contributed by atoms with Gasteiger partial charge in [-0.3, -0.25) is 0 Å². The highest BCUT2D eigenvalue weighted by atomic mass is 32.1.